The van der Waals surface area contributed by atoms with Crippen molar-refractivity contribution in [3.63, 3.8) is 0 Å². The minimum atomic E-state index is -0.524. The fourth-order valence-corrected chi connectivity index (χ4v) is 6.16. The molecule has 0 spiro atoms. The number of aliphatic hydroxyl groups excluding tert-OH is 1. The van der Waals surface area contributed by atoms with E-state index < -0.39 is 6.29 Å². The third-order valence-electron chi connectivity index (χ3n) is 8.91. The van der Waals surface area contributed by atoms with Crippen molar-refractivity contribution >= 4 is 6.03 Å². The van der Waals surface area contributed by atoms with Crippen molar-refractivity contribution < 1.29 is 24.1 Å². The largest absolute Gasteiger partial charge is 0.392 e. The van der Waals surface area contributed by atoms with Crippen LogP contribution in [0.5, 0.6) is 0 Å². The number of hydrogen-bond acceptors (Lipinski definition) is 6. The molecule has 3 N–H and O–H groups in total. The molecule has 2 aliphatic rings. The lowest BCUT2D eigenvalue weighted by Crippen LogP contribution is -2.47. The summed E-state index contributed by atoms with van der Waals surface area (Å²) in [4.78, 5) is 14.9. The molecule has 8 heteroatoms. The van der Waals surface area contributed by atoms with Gasteiger partial charge in [-0.05, 0) is 33.4 Å². The Morgan fingerprint density at radius 2 is 1.46 bits per heavy atom. The van der Waals surface area contributed by atoms with Gasteiger partial charge in [0.25, 0.3) is 0 Å². The fraction of sp³-hybridized carbons (Fsp3) is 0.342. The zero-order valence-corrected chi connectivity index (χ0v) is 26.3. The van der Waals surface area contributed by atoms with Crippen LogP contribution in [0, 0.1) is 5.92 Å². The average Bonchev–Trinajstić information content (AvgIpc) is 3.12. The fourth-order valence-electron chi connectivity index (χ4n) is 6.16. The Labute approximate surface area is 271 Å². The predicted molar refractivity (Wildman–Crippen MR) is 178 cm³/mol. The molecule has 2 aliphatic heterocycles. The highest BCUT2D eigenvalue weighted by Crippen LogP contribution is 2.42. The molecule has 4 aromatic carbocycles. The predicted octanol–water partition coefficient (Wildman–Crippen LogP) is 5.97. The first-order chi connectivity index (χ1) is 22.6. The first-order valence-corrected chi connectivity index (χ1v) is 16.1. The molecular formula is C38H43N3O5. The molecule has 0 aromatic heterocycles. The lowest BCUT2D eigenvalue weighted by molar-refractivity contribution is -0.277. The highest BCUT2D eigenvalue weighted by molar-refractivity contribution is 5.75. The highest BCUT2D eigenvalue weighted by Gasteiger charge is 2.39. The molecule has 0 bridgehead atoms. The van der Waals surface area contributed by atoms with Gasteiger partial charge in [0, 0.05) is 44.2 Å². The monoisotopic (exact) mass is 621 g/mol. The number of aliphatic hydroxyl groups is 1. The molecule has 0 aliphatic carbocycles. The van der Waals surface area contributed by atoms with E-state index in [1.54, 1.807) is 0 Å². The molecule has 2 amide bonds. The summed E-state index contributed by atoms with van der Waals surface area (Å²) >= 11 is 0. The second kappa shape index (κ2) is 15.5. The van der Waals surface area contributed by atoms with E-state index in [0.29, 0.717) is 13.1 Å². The molecule has 240 valence electrons. The topological polar surface area (TPSA) is 92.3 Å². The first kappa shape index (κ1) is 31.9. The number of rotatable bonds is 10. The maximum atomic E-state index is 12.5. The summed E-state index contributed by atoms with van der Waals surface area (Å²) in [6, 6.07) is 34.1. The van der Waals surface area contributed by atoms with Gasteiger partial charge in [0.1, 0.15) is 0 Å². The number of amides is 2. The summed E-state index contributed by atoms with van der Waals surface area (Å²) in [6.07, 6.45) is -0.708. The van der Waals surface area contributed by atoms with Gasteiger partial charge in [-0.25, -0.2) is 4.79 Å². The summed E-state index contributed by atoms with van der Waals surface area (Å²) in [5, 5.41) is 15.5. The zero-order valence-electron chi connectivity index (χ0n) is 26.3. The van der Waals surface area contributed by atoms with Crippen molar-refractivity contribution in [1.29, 1.82) is 0 Å². The standard InChI is InChI=1S/C38H43N3O5/c1-27-35(25-41-19-21-44-22-20-41)45-37(46-36(27)31-13-11-29(26-42)12-14-31)32-17-15-30(16-18-32)34-10-6-5-9-33(34)24-40-38(43)39-23-28-7-3-2-4-8-28/h2-18,27,35-37,42H,19-26H2,1H3,(H2,39,40,43). The van der Waals surface area contributed by atoms with E-state index in [2.05, 4.69) is 64.9 Å². The number of carbonyl (C=O) groups is 1. The molecular weight excluding hydrogens is 578 g/mol. The van der Waals surface area contributed by atoms with Crippen LogP contribution in [0.25, 0.3) is 11.1 Å². The van der Waals surface area contributed by atoms with Crippen LogP contribution in [0.15, 0.2) is 103 Å². The number of morpholine rings is 1. The van der Waals surface area contributed by atoms with E-state index in [1.165, 1.54) is 0 Å². The van der Waals surface area contributed by atoms with Crippen molar-refractivity contribution in [2.75, 3.05) is 32.8 Å². The maximum absolute atomic E-state index is 12.5. The van der Waals surface area contributed by atoms with Crippen LogP contribution in [0.2, 0.25) is 0 Å². The second-order valence-electron chi connectivity index (χ2n) is 12.0. The third kappa shape index (κ3) is 8.02. The van der Waals surface area contributed by atoms with Gasteiger partial charge in [0.05, 0.1) is 32.0 Å². The highest BCUT2D eigenvalue weighted by atomic mass is 16.7. The van der Waals surface area contributed by atoms with Gasteiger partial charge in [-0.15, -0.1) is 0 Å². The van der Waals surface area contributed by atoms with Crippen molar-refractivity contribution in [1.82, 2.24) is 15.5 Å². The summed E-state index contributed by atoms with van der Waals surface area (Å²) in [5.74, 6) is 0.127. The number of hydrogen-bond donors (Lipinski definition) is 3. The number of urea groups is 1. The molecule has 2 fully saturated rings. The summed E-state index contributed by atoms with van der Waals surface area (Å²) in [7, 11) is 0. The van der Waals surface area contributed by atoms with Crippen molar-refractivity contribution in [2.24, 2.45) is 5.92 Å². The number of carbonyl (C=O) groups excluding carboxylic acids is 1. The zero-order chi connectivity index (χ0) is 31.7. The molecule has 0 saturated carbocycles. The van der Waals surface area contributed by atoms with Crippen LogP contribution in [0.3, 0.4) is 0 Å². The molecule has 46 heavy (non-hydrogen) atoms. The summed E-state index contributed by atoms with van der Waals surface area (Å²) in [6.45, 7) is 7.17. The molecule has 4 unspecified atom stereocenters. The van der Waals surface area contributed by atoms with Gasteiger partial charge >= 0.3 is 6.03 Å². The lowest BCUT2D eigenvalue weighted by atomic mass is 9.90. The van der Waals surface area contributed by atoms with Crippen LogP contribution in [-0.4, -0.2) is 55.0 Å². The number of nitrogens with one attached hydrogen (secondary N) is 2. The van der Waals surface area contributed by atoms with Gasteiger partial charge < -0.3 is 30.0 Å². The minimum absolute atomic E-state index is 0.0136. The smallest absolute Gasteiger partial charge is 0.315 e. The van der Waals surface area contributed by atoms with Crippen molar-refractivity contribution in [2.45, 2.75) is 45.1 Å². The second-order valence-corrected chi connectivity index (χ2v) is 12.0. The van der Waals surface area contributed by atoms with Gasteiger partial charge in [0.2, 0.25) is 0 Å². The molecule has 8 nitrogen and oxygen atoms in total. The third-order valence-corrected chi connectivity index (χ3v) is 8.91. The van der Waals surface area contributed by atoms with E-state index in [9.17, 15) is 9.90 Å². The van der Waals surface area contributed by atoms with E-state index in [0.717, 1.165) is 71.8 Å². The molecule has 2 heterocycles. The first-order valence-electron chi connectivity index (χ1n) is 16.1. The molecule has 0 radical (unpaired) electrons. The molecule has 2 saturated heterocycles. The van der Waals surface area contributed by atoms with Crippen LogP contribution in [0.1, 0.15) is 47.1 Å². The van der Waals surface area contributed by atoms with Crippen molar-refractivity contribution in [3.05, 3.63) is 131 Å². The number of nitrogens with zero attached hydrogens (tertiary/aromatic N) is 1. The number of ether oxygens (including phenoxy) is 3. The Morgan fingerprint density at radius 1 is 0.783 bits per heavy atom. The van der Waals surface area contributed by atoms with Crippen LogP contribution in [0.4, 0.5) is 4.79 Å². The van der Waals surface area contributed by atoms with Crippen LogP contribution >= 0.6 is 0 Å². The average molecular weight is 622 g/mol. The van der Waals surface area contributed by atoms with Gasteiger partial charge in [0.15, 0.2) is 6.29 Å². The Bertz CT molecular complexity index is 1540. The van der Waals surface area contributed by atoms with E-state index in [-0.39, 0.29) is 30.8 Å². The lowest BCUT2D eigenvalue weighted by Gasteiger charge is -2.43. The molecule has 4 atom stereocenters. The van der Waals surface area contributed by atoms with E-state index in [1.807, 2.05) is 60.7 Å². The summed E-state index contributed by atoms with van der Waals surface area (Å²) in [5.41, 5.74) is 7.10. The Kier molecular flexibility index (Phi) is 10.7. The summed E-state index contributed by atoms with van der Waals surface area (Å²) < 4.78 is 18.9. The molecule has 6 rings (SSSR count). The Morgan fingerprint density at radius 3 is 2.20 bits per heavy atom. The van der Waals surface area contributed by atoms with Gasteiger partial charge in [-0.2, -0.15) is 0 Å². The number of benzene rings is 4. The minimum Gasteiger partial charge on any atom is -0.392 e. The Hall–Kier alpha value is -4.05. The van der Waals surface area contributed by atoms with E-state index in [4.69, 9.17) is 14.2 Å². The normalized spacial score (nSPS) is 21.9. The maximum Gasteiger partial charge on any atom is 0.315 e. The Balaban J connectivity index is 1.16. The SMILES string of the molecule is CC1C(CN2CCOCC2)OC(c2ccc(-c3ccccc3CNC(=O)NCc3ccccc3)cc2)OC1c1ccc(CO)cc1. The molecule has 4 aromatic rings. The van der Waals surface area contributed by atoms with Crippen LogP contribution < -0.4 is 10.6 Å². The van der Waals surface area contributed by atoms with E-state index >= 15 is 0 Å². The van der Waals surface area contributed by atoms with Gasteiger partial charge in [-0.1, -0.05) is 110 Å². The van der Waals surface area contributed by atoms with Gasteiger partial charge in [-0.3, -0.25) is 4.90 Å². The quantitative estimate of drug-likeness (QED) is 0.202. The van der Waals surface area contributed by atoms with Crippen molar-refractivity contribution in [3.8, 4) is 11.1 Å². The van der Waals surface area contributed by atoms with Crippen LogP contribution in [-0.2, 0) is 33.9 Å².